The van der Waals surface area contributed by atoms with Crippen molar-refractivity contribution in [2.45, 2.75) is 39.9 Å². The van der Waals surface area contributed by atoms with Crippen LogP contribution in [-0.4, -0.2) is 45.3 Å². The fraction of sp³-hybridized carbons (Fsp3) is 0.533. The van der Waals surface area contributed by atoms with Crippen molar-refractivity contribution in [3.8, 4) is 0 Å². The second-order valence-electron chi connectivity index (χ2n) is 6.09. The van der Waals surface area contributed by atoms with E-state index < -0.39 is 10.0 Å². The first kappa shape index (κ1) is 16.8. The van der Waals surface area contributed by atoms with Gasteiger partial charge in [0.15, 0.2) is 0 Å². The molecule has 130 valence electrons. The minimum Gasteiger partial charge on any atom is -0.364 e. The number of sulfonamides is 1. The number of hydrogen-bond donors (Lipinski definition) is 1. The zero-order valence-corrected chi connectivity index (χ0v) is 15.0. The fourth-order valence-corrected chi connectivity index (χ4v) is 3.58. The summed E-state index contributed by atoms with van der Waals surface area (Å²) in [5.74, 6) is 0.795. The van der Waals surface area contributed by atoms with E-state index in [1.807, 2.05) is 24.6 Å². The van der Waals surface area contributed by atoms with Crippen LogP contribution in [0.15, 0.2) is 12.4 Å². The number of aromatic nitrogens is 4. The summed E-state index contributed by atoms with van der Waals surface area (Å²) in [4.78, 5) is 8.41. The van der Waals surface area contributed by atoms with Crippen LogP contribution in [0.5, 0.6) is 0 Å². The highest BCUT2D eigenvalue weighted by Gasteiger charge is 2.22. The molecule has 0 amide bonds. The van der Waals surface area contributed by atoms with E-state index in [0.717, 1.165) is 41.4 Å². The molecule has 9 heteroatoms. The van der Waals surface area contributed by atoms with E-state index in [-0.39, 0.29) is 0 Å². The first-order valence-corrected chi connectivity index (χ1v) is 9.72. The maximum Gasteiger partial charge on any atom is 0.211 e. The van der Waals surface area contributed by atoms with Crippen LogP contribution in [0, 0.1) is 13.8 Å². The van der Waals surface area contributed by atoms with E-state index in [0.29, 0.717) is 19.6 Å². The zero-order chi connectivity index (χ0) is 17.3. The lowest BCUT2D eigenvalue weighted by atomic mass is 10.2. The summed E-state index contributed by atoms with van der Waals surface area (Å²) in [6.07, 6.45) is 3.55. The average Bonchev–Trinajstić information content (AvgIpc) is 2.78. The second kappa shape index (κ2) is 6.48. The number of fused-ring (bicyclic) bond motifs is 1. The molecule has 1 aliphatic rings. The van der Waals surface area contributed by atoms with Crippen molar-refractivity contribution in [1.82, 2.24) is 24.1 Å². The molecule has 0 aliphatic carbocycles. The van der Waals surface area contributed by atoms with Gasteiger partial charge >= 0.3 is 0 Å². The van der Waals surface area contributed by atoms with Crippen molar-refractivity contribution >= 4 is 15.8 Å². The maximum absolute atomic E-state index is 11.8. The molecule has 1 aliphatic heterocycles. The lowest BCUT2D eigenvalue weighted by molar-refractivity contribution is 0.414. The number of nitrogens with one attached hydrogen (secondary N) is 1. The minimum atomic E-state index is -3.19. The second-order valence-corrected chi connectivity index (χ2v) is 8.07. The van der Waals surface area contributed by atoms with Crippen molar-refractivity contribution in [2.24, 2.45) is 0 Å². The summed E-state index contributed by atoms with van der Waals surface area (Å²) in [6.45, 7) is 6.10. The van der Waals surface area contributed by atoms with Crippen LogP contribution in [0.1, 0.15) is 29.1 Å². The molecule has 0 unspecified atom stereocenters. The van der Waals surface area contributed by atoms with Crippen molar-refractivity contribution in [3.63, 3.8) is 0 Å². The van der Waals surface area contributed by atoms with Crippen LogP contribution >= 0.6 is 0 Å². The highest BCUT2D eigenvalue weighted by molar-refractivity contribution is 7.88. The smallest absolute Gasteiger partial charge is 0.211 e. The number of aryl methyl sites for hydroxylation is 2. The zero-order valence-electron chi connectivity index (χ0n) is 14.2. The van der Waals surface area contributed by atoms with Gasteiger partial charge in [0.25, 0.3) is 0 Å². The van der Waals surface area contributed by atoms with E-state index in [1.54, 1.807) is 0 Å². The largest absolute Gasteiger partial charge is 0.364 e. The van der Waals surface area contributed by atoms with Gasteiger partial charge in [-0.3, -0.25) is 4.68 Å². The molecule has 0 radical (unpaired) electrons. The standard InChI is InChI=1S/C15H22N6O2S/c1-11-12(2)17-10-18-15(11)16-8-13-7-14-9-20(24(3,22)23)5-4-6-21(14)19-13/h7,10H,4-6,8-9H2,1-3H3,(H,16,17,18). The summed E-state index contributed by atoms with van der Waals surface area (Å²) < 4.78 is 27.0. The number of anilines is 1. The minimum absolute atomic E-state index is 0.372. The molecule has 2 aromatic rings. The van der Waals surface area contributed by atoms with Gasteiger partial charge < -0.3 is 5.32 Å². The summed E-state index contributed by atoms with van der Waals surface area (Å²) in [5, 5.41) is 7.86. The molecule has 0 spiro atoms. The first-order chi connectivity index (χ1) is 11.3. The van der Waals surface area contributed by atoms with Gasteiger partial charge in [-0.25, -0.2) is 18.4 Å². The normalized spacial score (nSPS) is 15.8. The molecule has 24 heavy (non-hydrogen) atoms. The lowest BCUT2D eigenvalue weighted by Gasteiger charge is -2.16. The molecule has 2 aromatic heterocycles. The summed E-state index contributed by atoms with van der Waals surface area (Å²) in [7, 11) is -3.19. The summed E-state index contributed by atoms with van der Waals surface area (Å²) in [6, 6.07) is 1.96. The van der Waals surface area contributed by atoms with Gasteiger partial charge in [0.1, 0.15) is 12.1 Å². The molecule has 3 rings (SSSR count). The van der Waals surface area contributed by atoms with Gasteiger partial charge in [-0.15, -0.1) is 0 Å². The highest BCUT2D eigenvalue weighted by Crippen LogP contribution is 2.18. The predicted octanol–water partition coefficient (Wildman–Crippen LogP) is 1.07. The Morgan fingerprint density at radius 3 is 2.79 bits per heavy atom. The van der Waals surface area contributed by atoms with Crippen LogP contribution in [0.4, 0.5) is 5.82 Å². The third-order valence-electron chi connectivity index (χ3n) is 4.27. The van der Waals surface area contributed by atoms with Crippen molar-refractivity contribution < 1.29 is 8.42 Å². The topological polar surface area (TPSA) is 93.0 Å². The Balaban J connectivity index is 1.74. The van der Waals surface area contributed by atoms with E-state index in [1.165, 1.54) is 16.9 Å². The van der Waals surface area contributed by atoms with Crippen LogP contribution in [0.25, 0.3) is 0 Å². The molecule has 0 aromatic carbocycles. The Bertz CT molecular complexity index is 846. The third-order valence-corrected chi connectivity index (χ3v) is 5.52. The summed E-state index contributed by atoms with van der Waals surface area (Å²) in [5.41, 5.74) is 3.75. The molecular formula is C15H22N6O2S. The van der Waals surface area contributed by atoms with Gasteiger partial charge in [-0.05, 0) is 26.3 Å². The van der Waals surface area contributed by atoms with E-state index in [4.69, 9.17) is 0 Å². The molecule has 0 atom stereocenters. The number of rotatable bonds is 4. The third kappa shape index (κ3) is 3.57. The molecule has 0 saturated heterocycles. The van der Waals surface area contributed by atoms with Crippen molar-refractivity contribution in [1.29, 1.82) is 0 Å². The SMILES string of the molecule is Cc1ncnc(NCc2cc3n(n2)CCCN(S(C)(=O)=O)C3)c1C. The molecule has 8 nitrogen and oxygen atoms in total. The molecule has 1 N–H and O–H groups in total. The Hall–Kier alpha value is -2.00. The molecular weight excluding hydrogens is 328 g/mol. The van der Waals surface area contributed by atoms with Crippen LogP contribution in [-0.2, 0) is 29.7 Å². The lowest BCUT2D eigenvalue weighted by Crippen LogP contribution is -2.29. The molecule has 0 saturated carbocycles. The first-order valence-electron chi connectivity index (χ1n) is 7.87. The molecule has 3 heterocycles. The maximum atomic E-state index is 11.8. The van der Waals surface area contributed by atoms with E-state index in [9.17, 15) is 8.42 Å². The van der Waals surface area contributed by atoms with Gasteiger partial charge in [-0.2, -0.15) is 9.40 Å². The average molecular weight is 350 g/mol. The van der Waals surface area contributed by atoms with Gasteiger partial charge in [0.2, 0.25) is 10.0 Å². The molecule has 0 fully saturated rings. The Labute approximate surface area is 142 Å². The predicted molar refractivity (Wildman–Crippen MR) is 90.9 cm³/mol. The summed E-state index contributed by atoms with van der Waals surface area (Å²) >= 11 is 0. The Morgan fingerprint density at radius 1 is 1.25 bits per heavy atom. The quantitative estimate of drug-likeness (QED) is 0.886. The fourth-order valence-electron chi connectivity index (χ4n) is 2.75. The molecule has 0 bridgehead atoms. The van der Waals surface area contributed by atoms with Gasteiger partial charge in [0.05, 0.1) is 30.7 Å². The van der Waals surface area contributed by atoms with Gasteiger partial charge in [-0.1, -0.05) is 0 Å². The van der Waals surface area contributed by atoms with Crippen LogP contribution in [0.3, 0.4) is 0 Å². The Kier molecular flexibility index (Phi) is 4.55. The number of nitrogens with zero attached hydrogens (tertiary/aromatic N) is 5. The monoisotopic (exact) mass is 350 g/mol. The Morgan fingerprint density at radius 2 is 2.04 bits per heavy atom. The van der Waals surface area contributed by atoms with Crippen molar-refractivity contribution in [2.75, 3.05) is 18.1 Å². The van der Waals surface area contributed by atoms with Crippen LogP contribution in [0.2, 0.25) is 0 Å². The van der Waals surface area contributed by atoms with Crippen molar-refractivity contribution in [3.05, 3.63) is 35.0 Å². The number of hydrogen-bond acceptors (Lipinski definition) is 6. The van der Waals surface area contributed by atoms with E-state index in [2.05, 4.69) is 20.4 Å². The highest BCUT2D eigenvalue weighted by atomic mass is 32.2. The van der Waals surface area contributed by atoms with E-state index >= 15 is 0 Å². The van der Waals surface area contributed by atoms with Crippen LogP contribution < -0.4 is 5.32 Å². The van der Waals surface area contributed by atoms with Gasteiger partial charge in [0, 0.05) is 24.3 Å².